The molecule has 1 fully saturated rings. The van der Waals surface area contributed by atoms with Crippen molar-refractivity contribution in [3.05, 3.63) is 36.4 Å². The average Bonchev–Trinajstić information content (AvgIpc) is 2.84. The van der Waals surface area contributed by atoms with Crippen molar-refractivity contribution in [1.82, 2.24) is 0 Å². The molecule has 0 bridgehead atoms. The van der Waals surface area contributed by atoms with E-state index in [4.69, 9.17) is 14.2 Å². The monoisotopic (exact) mass is 402 g/mol. The number of esters is 1. The van der Waals surface area contributed by atoms with Gasteiger partial charge in [-0.1, -0.05) is 34.7 Å². The normalized spacial score (nSPS) is 24.5. The van der Waals surface area contributed by atoms with E-state index in [1.807, 2.05) is 18.2 Å². The molecule has 1 aromatic carbocycles. The Kier molecular flexibility index (Phi) is 5.13. The van der Waals surface area contributed by atoms with Crippen LogP contribution in [-0.4, -0.2) is 30.7 Å². The number of ether oxygens (including phenoxy) is 3. The molecule has 1 heterocycles. The summed E-state index contributed by atoms with van der Waals surface area (Å²) in [4.78, 5) is 12.5. The van der Waals surface area contributed by atoms with E-state index in [9.17, 15) is 4.79 Å². The van der Waals surface area contributed by atoms with E-state index in [0.717, 1.165) is 9.99 Å². The van der Waals surface area contributed by atoms with Crippen molar-refractivity contribution in [2.45, 2.75) is 24.4 Å². The first-order valence-corrected chi connectivity index (χ1v) is 8.24. The Labute approximate surface area is 138 Å². The zero-order valence-electron chi connectivity index (χ0n) is 12.2. The quantitative estimate of drug-likeness (QED) is 0.317. The largest absolute Gasteiger partial charge is 0.493 e. The number of rotatable bonds is 6. The Morgan fingerprint density at radius 1 is 1.43 bits per heavy atom. The van der Waals surface area contributed by atoms with Crippen molar-refractivity contribution in [2.75, 3.05) is 18.6 Å². The Hall–Kier alpha value is -1.24. The van der Waals surface area contributed by atoms with E-state index in [0.29, 0.717) is 24.3 Å². The Morgan fingerprint density at radius 2 is 2.14 bits per heavy atom. The molecule has 1 aliphatic rings. The lowest BCUT2D eigenvalue weighted by Gasteiger charge is -2.24. The van der Waals surface area contributed by atoms with E-state index >= 15 is 0 Å². The molecule has 0 spiro atoms. The summed E-state index contributed by atoms with van der Waals surface area (Å²) in [6, 6.07) is 5.59. The Morgan fingerprint density at radius 3 is 2.67 bits per heavy atom. The first-order valence-electron chi connectivity index (χ1n) is 6.71. The maximum absolute atomic E-state index is 12.5. The molecular weight excluding hydrogens is 383 g/mol. The van der Waals surface area contributed by atoms with E-state index in [1.54, 1.807) is 20.3 Å². The highest BCUT2D eigenvalue weighted by Gasteiger charge is 2.49. The lowest BCUT2D eigenvalue weighted by Crippen LogP contribution is -2.31. The number of hydrogen-bond donors (Lipinski definition) is 0. The smallest absolute Gasteiger partial charge is 0.317 e. The van der Waals surface area contributed by atoms with Gasteiger partial charge >= 0.3 is 5.97 Å². The maximum Gasteiger partial charge on any atom is 0.317 e. The van der Waals surface area contributed by atoms with E-state index in [2.05, 4.69) is 29.2 Å². The lowest BCUT2D eigenvalue weighted by molar-refractivity contribution is -0.144. The lowest BCUT2D eigenvalue weighted by atomic mass is 9.75. The van der Waals surface area contributed by atoms with Crippen LogP contribution in [0.15, 0.2) is 30.9 Å². The van der Waals surface area contributed by atoms with Crippen LogP contribution in [0.2, 0.25) is 0 Å². The summed E-state index contributed by atoms with van der Waals surface area (Å²) in [5, 5.41) is 0. The highest BCUT2D eigenvalue weighted by atomic mass is 127. The van der Waals surface area contributed by atoms with E-state index in [-0.39, 0.29) is 12.1 Å². The molecule has 1 aromatic rings. The van der Waals surface area contributed by atoms with Crippen molar-refractivity contribution >= 4 is 28.6 Å². The van der Waals surface area contributed by atoms with E-state index < -0.39 is 5.41 Å². The number of carbonyl (C=O) groups excluding carboxylic acids is 1. The minimum absolute atomic E-state index is 0.0499. The number of hydrogen-bond acceptors (Lipinski definition) is 4. The predicted molar refractivity (Wildman–Crippen MR) is 89.4 cm³/mol. The van der Waals surface area contributed by atoms with Crippen molar-refractivity contribution in [3.8, 4) is 11.5 Å². The summed E-state index contributed by atoms with van der Waals surface area (Å²) in [5.74, 6) is 1.08. The van der Waals surface area contributed by atoms with Crippen LogP contribution in [0.3, 0.4) is 0 Å². The number of cyclic esters (lactones) is 1. The molecule has 4 nitrogen and oxygen atoms in total. The van der Waals surface area contributed by atoms with Crippen molar-refractivity contribution in [1.29, 1.82) is 0 Å². The van der Waals surface area contributed by atoms with Crippen LogP contribution in [0.25, 0.3) is 0 Å². The molecule has 1 aliphatic heterocycles. The van der Waals surface area contributed by atoms with Gasteiger partial charge in [-0.3, -0.25) is 4.79 Å². The van der Waals surface area contributed by atoms with Crippen molar-refractivity contribution in [3.63, 3.8) is 0 Å². The second-order valence-corrected chi connectivity index (χ2v) is 5.91. The molecule has 1 saturated heterocycles. The van der Waals surface area contributed by atoms with Gasteiger partial charge in [0.15, 0.2) is 11.5 Å². The summed E-state index contributed by atoms with van der Waals surface area (Å²) >= 11 is 2.24. The number of halogens is 1. The molecule has 2 rings (SSSR count). The van der Waals surface area contributed by atoms with Gasteiger partial charge in [0.1, 0.15) is 6.10 Å². The zero-order valence-corrected chi connectivity index (χ0v) is 14.4. The van der Waals surface area contributed by atoms with Gasteiger partial charge in [0.25, 0.3) is 0 Å². The van der Waals surface area contributed by atoms with Gasteiger partial charge in [-0.15, -0.1) is 6.58 Å². The van der Waals surface area contributed by atoms with Crippen LogP contribution >= 0.6 is 22.6 Å². The second kappa shape index (κ2) is 6.68. The average molecular weight is 402 g/mol. The van der Waals surface area contributed by atoms with Crippen LogP contribution in [0.4, 0.5) is 0 Å². The van der Waals surface area contributed by atoms with Gasteiger partial charge in [0, 0.05) is 10.8 Å². The summed E-state index contributed by atoms with van der Waals surface area (Å²) < 4.78 is 16.9. The zero-order chi connectivity index (χ0) is 15.5. The van der Waals surface area contributed by atoms with Gasteiger partial charge in [-0.2, -0.15) is 0 Å². The summed E-state index contributed by atoms with van der Waals surface area (Å²) in [6.45, 7) is 3.79. The molecule has 0 amide bonds. The summed E-state index contributed by atoms with van der Waals surface area (Å²) in [6.07, 6.45) is 2.93. The standard InChI is InChI=1S/C16H19IO4/c1-4-7-16(9-12(10-17)21-15(16)18)11-5-6-13(19-2)14(8-11)20-3/h4-6,8,12H,1,7,9-10H2,2-3H3/t12-,16-/m1/s1. The molecule has 2 atom stereocenters. The first kappa shape index (κ1) is 16.1. The summed E-state index contributed by atoms with van der Waals surface area (Å²) in [5.41, 5.74) is 0.217. The van der Waals surface area contributed by atoms with Gasteiger partial charge in [-0.25, -0.2) is 0 Å². The molecule has 21 heavy (non-hydrogen) atoms. The highest BCUT2D eigenvalue weighted by molar-refractivity contribution is 14.1. The number of allylic oxidation sites excluding steroid dienone is 1. The van der Waals surface area contributed by atoms with Crippen LogP contribution in [0, 0.1) is 0 Å². The molecule has 5 heteroatoms. The molecule has 0 radical (unpaired) electrons. The Bertz CT molecular complexity index is 543. The number of alkyl halides is 1. The third kappa shape index (κ3) is 2.88. The van der Waals surface area contributed by atoms with Crippen LogP contribution in [-0.2, 0) is 14.9 Å². The number of methoxy groups -OCH3 is 2. The maximum atomic E-state index is 12.5. The molecular formula is C16H19IO4. The third-order valence-electron chi connectivity index (χ3n) is 3.84. The predicted octanol–water partition coefficient (Wildman–Crippen LogP) is 3.27. The molecule has 0 saturated carbocycles. The van der Waals surface area contributed by atoms with Crippen molar-refractivity contribution in [2.24, 2.45) is 0 Å². The third-order valence-corrected chi connectivity index (χ3v) is 4.82. The molecule has 0 aliphatic carbocycles. The first-order chi connectivity index (χ1) is 10.1. The van der Waals surface area contributed by atoms with E-state index in [1.165, 1.54) is 0 Å². The number of benzene rings is 1. The molecule has 0 unspecified atom stereocenters. The summed E-state index contributed by atoms with van der Waals surface area (Å²) in [7, 11) is 3.18. The number of carbonyl (C=O) groups is 1. The Balaban J connectivity index is 2.48. The van der Waals surface area contributed by atoms with Crippen molar-refractivity contribution < 1.29 is 19.0 Å². The van der Waals surface area contributed by atoms with Crippen LogP contribution in [0.1, 0.15) is 18.4 Å². The van der Waals surface area contributed by atoms with Crippen LogP contribution < -0.4 is 9.47 Å². The van der Waals surface area contributed by atoms with Gasteiger partial charge in [0.05, 0.1) is 19.6 Å². The van der Waals surface area contributed by atoms with Gasteiger partial charge < -0.3 is 14.2 Å². The van der Waals surface area contributed by atoms with Gasteiger partial charge in [-0.05, 0) is 24.1 Å². The highest BCUT2D eigenvalue weighted by Crippen LogP contribution is 2.43. The van der Waals surface area contributed by atoms with Crippen LogP contribution in [0.5, 0.6) is 11.5 Å². The molecule has 0 aromatic heterocycles. The fraction of sp³-hybridized carbons (Fsp3) is 0.438. The molecule has 114 valence electrons. The minimum atomic E-state index is -0.670. The molecule has 0 N–H and O–H groups in total. The fourth-order valence-corrected chi connectivity index (χ4v) is 3.26. The fourth-order valence-electron chi connectivity index (χ4n) is 2.76. The minimum Gasteiger partial charge on any atom is -0.493 e. The SMILES string of the molecule is C=CC[C@]1(c2ccc(OC)c(OC)c2)C[C@H](CI)OC1=O. The topological polar surface area (TPSA) is 44.8 Å². The second-order valence-electron chi connectivity index (χ2n) is 5.03. The van der Waals surface area contributed by atoms with Gasteiger partial charge in [0.2, 0.25) is 0 Å².